The van der Waals surface area contributed by atoms with Gasteiger partial charge in [-0.25, -0.2) is 0 Å². The van der Waals surface area contributed by atoms with Crippen molar-refractivity contribution in [1.82, 2.24) is 0 Å². The smallest absolute Gasteiger partial charge is 0.168 e. The van der Waals surface area contributed by atoms with E-state index in [-0.39, 0.29) is 11.2 Å². The molecule has 1 aromatic carbocycles. The van der Waals surface area contributed by atoms with Crippen molar-refractivity contribution in [1.29, 1.82) is 0 Å². The van der Waals surface area contributed by atoms with Crippen LogP contribution in [0.5, 0.6) is 0 Å². The van der Waals surface area contributed by atoms with Gasteiger partial charge in [0.15, 0.2) is 5.78 Å². The minimum absolute atomic E-state index is 0.206. The molecule has 0 amide bonds. The molecule has 0 heterocycles. The third-order valence-corrected chi connectivity index (χ3v) is 5.82. The number of hydrogen-bond donors (Lipinski definition) is 1. The van der Waals surface area contributed by atoms with E-state index in [2.05, 4.69) is 24.3 Å². The molecular formula is C20H22O2. The number of aliphatic hydroxyl groups excluding tert-OH is 1. The molecule has 1 saturated carbocycles. The van der Waals surface area contributed by atoms with Gasteiger partial charge in [0.05, 0.1) is 6.10 Å². The van der Waals surface area contributed by atoms with Crippen molar-refractivity contribution in [3.8, 4) is 0 Å². The maximum absolute atomic E-state index is 12.9. The standard InChI is InChI=1S/C20H22O2/c21-18(9-7-14-4-2-1-3-5-14)17-10-11-20(19(17)22)13-15-6-8-16(20)12-15/h1-6,8,10,15-16,18,21H,7,9,11-13H2/t15-,16+,18?,20?/m0/s1. The number of carbonyl (C=O) groups excluding carboxylic acids is 1. The highest BCUT2D eigenvalue weighted by molar-refractivity contribution is 6.04. The lowest BCUT2D eigenvalue weighted by Crippen LogP contribution is -2.34. The Morgan fingerprint density at radius 3 is 2.73 bits per heavy atom. The molecule has 4 rings (SSSR count). The first-order valence-electron chi connectivity index (χ1n) is 8.34. The van der Waals surface area contributed by atoms with Crippen LogP contribution in [-0.4, -0.2) is 17.0 Å². The molecule has 0 radical (unpaired) electrons. The summed E-state index contributed by atoms with van der Waals surface area (Å²) in [6.45, 7) is 0. The summed E-state index contributed by atoms with van der Waals surface area (Å²) in [6, 6.07) is 10.2. The second-order valence-electron chi connectivity index (χ2n) is 7.08. The van der Waals surface area contributed by atoms with Gasteiger partial charge in [-0.2, -0.15) is 0 Å². The molecule has 0 aromatic heterocycles. The Labute approximate surface area is 131 Å². The van der Waals surface area contributed by atoms with E-state index >= 15 is 0 Å². The molecule has 114 valence electrons. The number of fused-ring (bicyclic) bond motifs is 3. The van der Waals surface area contributed by atoms with Gasteiger partial charge in [0.25, 0.3) is 0 Å². The molecule has 2 bridgehead atoms. The summed E-state index contributed by atoms with van der Waals surface area (Å²) in [5.74, 6) is 1.22. The summed E-state index contributed by atoms with van der Waals surface area (Å²) in [4.78, 5) is 12.9. The highest BCUT2D eigenvalue weighted by Gasteiger charge is 2.55. The molecule has 2 unspecified atom stereocenters. The normalized spacial score (nSPS) is 33.7. The van der Waals surface area contributed by atoms with Crippen LogP contribution in [0.25, 0.3) is 0 Å². The lowest BCUT2D eigenvalue weighted by molar-refractivity contribution is -0.125. The van der Waals surface area contributed by atoms with E-state index in [0.29, 0.717) is 23.8 Å². The Bertz CT molecular complexity index is 643. The molecule has 1 N–H and O–H groups in total. The number of Topliss-reactive ketones (excluding diaryl/α,β-unsaturated/α-hetero) is 1. The average molecular weight is 294 g/mol. The number of allylic oxidation sites excluding steroid dienone is 3. The lowest BCUT2D eigenvalue weighted by Gasteiger charge is -2.30. The predicted molar refractivity (Wildman–Crippen MR) is 86.3 cm³/mol. The molecule has 0 aliphatic heterocycles. The van der Waals surface area contributed by atoms with Crippen LogP contribution in [0.4, 0.5) is 0 Å². The molecule has 1 spiro atoms. The molecule has 2 nitrogen and oxygen atoms in total. The zero-order valence-corrected chi connectivity index (χ0v) is 12.7. The van der Waals surface area contributed by atoms with Gasteiger partial charge in [-0.05, 0) is 49.5 Å². The fraction of sp³-hybridized carbons (Fsp3) is 0.450. The van der Waals surface area contributed by atoms with Gasteiger partial charge in [-0.3, -0.25) is 4.79 Å². The van der Waals surface area contributed by atoms with Gasteiger partial charge in [0.1, 0.15) is 0 Å². The van der Waals surface area contributed by atoms with Crippen LogP contribution in [0.1, 0.15) is 31.2 Å². The largest absolute Gasteiger partial charge is 0.388 e. The number of hydrogen-bond acceptors (Lipinski definition) is 2. The monoisotopic (exact) mass is 294 g/mol. The summed E-state index contributed by atoms with van der Waals surface area (Å²) in [7, 11) is 0. The first kappa shape index (κ1) is 14.0. The fourth-order valence-electron chi connectivity index (χ4n) is 4.61. The van der Waals surface area contributed by atoms with Gasteiger partial charge < -0.3 is 5.11 Å². The molecule has 3 aliphatic carbocycles. The Morgan fingerprint density at radius 1 is 1.23 bits per heavy atom. The second kappa shape index (κ2) is 5.20. The van der Waals surface area contributed by atoms with E-state index < -0.39 is 6.10 Å². The van der Waals surface area contributed by atoms with Crippen molar-refractivity contribution in [2.24, 2.45) is 17.3 Å². The molecule has 4 atom stereocenters. The molecule has 3 aliphatic rings. The Hall–Kier alpha value is -1.67. The van der Waals surface area contributed by atoms with Crippen molar-refractivity contribution in [3.63, 3.8) is 0 Å². The molecular weight excluding hydrogens is 272 g/mol. The minimum atomic E-state index is -0.616. The van der Waals surface area contributed by atoms with Gasteiger partial charge in [0, 0.05) is 11.0 Å². The van der Waals surface area contributed by atoms with E-state index in [1.807, 2.05) is 24.3 Å². The van der Waals surface area contributed by atoms with Crippen LogP contribution in [0.15, 0.2) is 54.1 Å². The lowest BCUT2D eigenvalue weighted by atomic mass is 9.72. The van der Waals surface area contributed by atoms with Gasteiger partial charge in [0.2, 0.25) is 0 Å². The van der Waals surface area contributed by atoms with Crippen LogP contribution in [0.2, 0.25) is 0 Å². The first-order valence-corrected chi connectivity index (χ1v) is 8.34. The summed E-state index contributed by atoms with van der Waals surface area (Å²) < 4.78 is 0. The number of aryl methyl sites for hydroxylation is 1. The summed E-state index contributed by atoms with van der Waals surface area (Å²) in [5.41, 5.74) is 1.68. The molecule has 1 fully saturated rings. The zero-order valence-electron chi connectivity index (χ0n) is 12.7. The molecule has 22 heavy (non-hydrogen) atoms. The number of rotatable bonds is 4. The number of benzene rings is 1. The maximum atomic E-state index is 12.9. The molecule has 0 saturated heterocycles. The summed E-state index contributed by atoms with van der Waals surface area (Å²) >= 11 is 0. The zero-order chi connectivity index (χ0) is 15.2. The first-order chi connectivity index (χ1) is 10.7. The van der Waals surface area contributed by atoms with Crippen LogP contribution < -0.4 is 0 Å². The van der Waals surface area contributed by atoms with Crippen LogP contribution >= 0.6 is 0 Å². The number of carbonyl (C=O) groups is 1. The van der Waals surface area contributed by atoms with Crippen molar-refractivity contribution in [2.75, 3.05) is 0 Å². The summed E-state index contributed by atoms with van der Waals surface area (Å²) in [6.07, 6.45) is 10.3. The van der Waals surface area contributed by atoms with Gasteiger partial charge >= 0.3 is 0 Å². The van der Waals surface area contributed by atoms with Crippen LogP contribution in [0.3, 0.4) is 0 Å². The van der Waals surface area contributed by atoms with Gasteiger partial charge in [-0.1, -0.05) is 48.6 Å². The molecule has 1 aromatic rings. The van der Waals surface area contributed by atoms with E-state index in [9.17, 15) is 9.90 Å². The Kier molecular flexibility index (Phi) is 3.30. The number of ketones is 1. The van der Waals surface area contributed by atoms with E-state index in [4.69, 9.17) is 0 Å². The Balaban J connectivity index is 1.43. The van der Waals surface area contributed by atoms with Gasteiger partial charge in [-0.15, -0.1) is 0 Å². The highest BCUT2D eigenvalue weighted by Crippen LogP contribution is 2.58. The Morgan fingerprint density at radius 2 is 2.05 bits per heavy atom. The maximum Gasteiger partial charge on any atom is 0.168 e. The van der Waals surface area contributed by atoms with E-state index in [1.54, 1.807) is 0 Å². The molecule has 2 heteroatoms. The SMILES string of the molecule is O=C1C(C(O)CCc2ccccc2)=CCC12C[C@H]1C=C[C@@H]2C1. The average Bonchev–Trinajstić information content (AvgIpc) is 3.23. The van der Waals surface area contributed by atoms with Crippen LogP contribution in [-0.2, 0) is 11.2 Å². The van der Waals surface area contributed by atoms with Crippen molar-refractivity contribution < 1.29 is 9.90 Å². The highest BCUT2D eigenvalue weighted by atomic mass is 16.3. The van der Waals surface area contributed by atoms with Crippen molar-refractivity contribution >= 4 is 5.78 Å². The fourth-order valence-corrected chi connectivity index (χ4v) is 4.61. The third-order valence-electron chi connectivity index (χ3n) is 5.82. The van der Waals surface area contributed by atoms with Crippen molar-refractivity contribution in [2.45, 2.75) is 38.2 Å². The second-order valence-corrected chi connectivity index (χ2v) is 7.08. The predicted octanol–water partition coefficient (Wildman–Crippen LogP) is 3.46. The third kappa shape index (κ3) is 2.09. The van der Waals surface area contributed by atoms with Crippen LogP contribution in [0, 0.1) is 17.3 Å². The van der Waals surface area contributed by atoms with E-state index in [0.717, 1.165) is 25.7 Å². The minimum Gasteiger partial charge on any atom is -0.388 e. The quantitative estimate of drug-likeness (QED) is 0.863. The number of aliphatic hydroxyl groups is 1. The summed E-state index contributed by atoms with van der Waals surface area (Å²) in [5, 5.41) is 10.5. The van der Waals surface area contributed by atoms with Crippen molar-refractivity contribution in [3.05, 3.63) is 59.7 Å². The van der Waals surface area contributed by atoms with E-state index in [1.165, 1.54) is 5.56 Å². The topological polar surface area (TPSA) is 37.3 Å².